The predicted molar refractivity (Wildman–Crippen MR) is 66.3 cm³/mol. The van der Waals surface area contributed by atoms with Crippen molar-refractivity contribution in [3.05, 3.63) is 29.8 Å². The van der Waals surface area contributed by atoms with Crippen molar-refractivity contribution in [2.24, 2.45) is 0 Å². The number of nitrogens with one attached hydrogen (secondary N) is 1. The van der Waals surface area contributed by atoms with Crippen molar-refractivity contribution < 1.29 is 0 Å². The monoisotopic (exact) mass is 222 g/mol. The molecule has 0 spiro atoms. The summed E-state index contributed by atoms with van der Waals surface area (Å²) in [4.78, 5) is 3.89. The fourth-order valence-electron chi connectivity index (χ4n) is 1.71. The van der Waals surface area contributed by atoms with Crippen LogP contribution in [0.2, 0.25) is 0 Å². The van der Waals surface area contributed by atoms with Gasteiger partial charge in [-0.15, -0.1) is 11.8 Å². The molecule has 1 saturated heterocycles. The van der Waals surface area contributed by atoms with Gasteiger partial charge in [-0.25, -0.2) is 0 Å². The fraction of sp³-hybridized carbons (Fsp3) is 0.500. The van der Waals surface area contributed by atoms with E-state index in [1.54, 1.807) is 0 Å². The van der Waals surface area contributed by atoms with E-state index in [-0.39, 0.29) is 0 Å². The number of piperazine rings is 1. The molecule has 1 aromatic rings. The molecule has 0 saturated carbocycles. The van der Waals surface area contributed by atoms with Crippen molar-refractivity contribution in [2.45, 2.75) is 11.8 Å². The summed E-state index contributed by atoms with van der Waals surface area (Å²) in [5, 5.41) is 3.37. The van der Waals surface area contributed by atoms with Crippen LogP contribution in [0.5, 0.6) is 0 Å². The van der Waals surface area contributed by atoms with E-state index >= 15 is 0 Å². The van der Waals surface area contributed by atoms with Crippen LogP contribution >= 0.6 is 11.8 Å². The summed E-state index contributed by atoms with van der Waals surface area (Å²) in [7, 11) is 0. The molecule has 1 aromatic carbocycles. The molecule has 0 aromatic heterocycles. The standard InChI is InChI=1S/C12H18N2S/c1-11-3-2-4-12(9-11)15-10-14-7-5-13-6-8-14/h2-4,9,13H,5-8,10H2,1H3. The minimum atomic E-state index is 1.12. The molecule has 0 amide bonds. The van der Waals surface area contributed by atoms with E-state index < -0.39 is 0 Å². The number of benzene rings is 1. The number of aryl methyl sites for hydroxylation is 1. The first-order valence-corrected chi connectivity index (χ1v) is 6.46. The molecule has 0 aliphatic carbocycles. The zero-order valence-corrected chi connectivity index (χ0v) is 10.0. The van der Waals surface area contributed by atoms with Gasteiger partial charge in [0.15, 0.2) is 0 Å². The molecule has 15 heavy (non-hydrogen) atoms. The Morgan fingerprint density at radius 3 is 2.87 bits per heavy atom. The summed E-state index contributed by atoms with van der Waals surface area (Å²) in [5.74, 6) is 1.12. The van der Waals surface area contributed by atoms with Gasteiger partial charge >= 0.3 is 0 Å². The quantitative estimate of drug-likeness (QED) is 0.787. The first-order valence-electron chi connectivity index (χ1n) is 5.47. The summed E-state index contributed by atoms with van der Waals surface area (Å²) < 4.78 is 0. The summed E-state index contributed by atoms with van der Waals surface area (Å²) in [5.41, 5.74) is 1.35. The third-order valence-electron chi connectivity index (χ3n) is 2.61. The molecule has 1 fully saturated rings. The molecule has 0 bridgehead atoms. The lowest BCUT2D eigenvalue weighted by atomic mass is 10.2. The Labute approximate surface area is 96.0 Å². The zero-order chi connectivity index (χ0) is 10.5. The molecule has 1 heterocycles. The summed E-state index contributed by atoms with van der Waals surface area (Å²) in [6.45, 7) is 6.77. The highest BCUT2D eigenvalue weighted by Gasteiger charge is 2.08. The van der Waals surface area contributed by atoms with Crippen LogP contribution < -0.4 is 5.32 Å². The molecule has 1 aliphatic heterocycles. The molecule has 0 unspecified atom stereocenters. The largest absolute Gasteiger partial charge is 0.314 e. The van der Waals surface area contributed by atoms with Crippen LogP contribution in [0, 0.1) is 6.92 Å². The van der Waals surface area contributed by atoms with Crippen LogP contribution in [0.1, 0.15) is 5.56 Å². The number of thioether (sulfide) groups is 1. The molecule has 0 atom stereocenters. The average molecular weight is 222 g/mol. The summed E-state index contributed by atoms with van der Waals surface area (Å²) in [6, 6.07) is 8.73. The Bertz CT molecular complexity index is 308. The SMILES string of the molecule is Cc1cccc(SCN2CCNCC2)c1. The Kier molecular flexibility index (Phi) is 4.06. The molecule has 3 heteroatoms. The van der Waals surface area contributed by atoms with Crippen molar-refractivity contribution in [1.82, 2.24) is 10.2 Å². The van der Waals surface area contributed by atoms with Crippen molar-refractivity contribution >= 4 is 11.8 Å². The van der Waals surface area contributed by atoms with Crippen LogP contribution in [-0.4, -0.2) is 37.0 Å². The van der Waals surface area contributed by atoms with Crippen LogP contribution in [0.4, 0.5) is 0 Å². The topological polar surface area (TPSA) is 15.3 Å². The fourth-order valence-corrected chi connectivity index (χ4v) is 2.75. The third kappa shape index (κ3) is 3.52. The van der Waals surface area contributed by atoms with Crippen molar-refractivity contribution in [3.8, 4) is 0 Å². The highest BCUT2D eigenvalue weighted by Crippen LogP contribution is 2.19. The number of hydrogen-bond acceptors (Lipinski definition) is 3. The lowest BCUT2D eigenvalue weighted by molar-refractivity contribution is 0.280. The van der Waals surface area contributed by atoms with E-state index in [2.05, 4.69) is 41.4 Å². The van der Waals surface area contributed by atoms with Gasteiger partial charge in [0, 0.05) is 37.0 Å². The lowest BCUT2D eigenvalue weighted by Gasteiger charge is -2.26. The van der Waals surface area contributed by atoms with E-state index in [0.29, 0.717) is 0 Å². The molecule has 2 rings (SSSR count). The second-order valence-corrected chi connectivity index (χ2v) is 4.98. The smallest absolute Gasteiger partial charge is 0.0492 e. The van der Waals surface area contributed by atoms with E-state index in [4.69, 9.17) is 0 Å². The minimum absolute atomic E-state index is 1.12. The van der Waals surface area contributed by atoms with Crippen molar-refractivity contribution in [2.75, 3.05) is 32.1 Å². The van der Waals surface area contributed by atoms with Crippen molar-refractivity contribution in [3.63, 3.8) is 0 Å². The second kappa shape index (κ2) is 5.54. The molecular formula is C12H18N2S. The molecule has 2 nitrogen and oxygen atoms in total. The zero-order valence-electron chi connectivity index (χ0n) is 9.20. The molecule has 1 aliphatic rings. The highest BCUT2D eigenvalue weighted by atomic mass is 32.2. The molecule has 82 valence electrons. The van der Waals surface area contributed by atoms with Crippen LogP contribution in [0.25, 0.3) is 0 Å². The van der Waals surface area contributed by atoms with E-state index in [0.717, 1.165) is 19.0 Å². The maximum atomic E-state index is 3.37. The van der Waals surface area contributed by atoms with Gasteiger partial charge in [-0.05, 0) is 19.1 Å². The maximum Gasteiger partial charge on any atom is 0.0492 e. The predicted octanol–water partition coefficient (Wildman–Crippen LogP) is 1.95. The van der Waals surface area contributed by atoms with E-state index in [9.17, 15) is 0 Å². The van der Waals surface area contributed by atoms with Gasteiger partial charge in [0.2, 0.25) is 0 Å². The Morgan fingerprint density at radius 1 is 1.33 bits per heavy atom. The normalized spacial score (nSPS) is 17.9. The molecular weight excluding hydrogens is 204 g/mol. The summed E-state index contributed by atoms with van der Waals surface area (Å²) in [6.07, 6.45) is 0. The Hall–Kier alpha value is -0.510. The van der Waals surface area contributed by atoms with Crippen LogP contribution in [-0.2, 0) is 0 Å². The van der Waals surface area contributed by atoms with Gasteiger partial charge in [-0.1, -0.05) is 17.7 Å². The lowest BCUT2D eigenvalue weighted by Crippen LogP contribution is -2.43. The number of rotatable bonds is 3. The highest BCUT2D eigenvalue weighted by molar-refractivity contribution is 7.99. The number of nitrogens with zero attached hydrogens (tertiary/aromatic N) is 1. The maximum absolute atomic E-state index is 3.37. The molecule has 0 radical (unpaired) electrons. The first-order chi connectivity index (χ1) is 7.34. The minimum Gasteiger partial charge on any atom is -0.314 e. The van der Waals surface area contributed by atoms with E-state index in [1.165, 1.54) is 23.5 Å². The Balaban J connectivity index is 1.81. The van der Waals surface area contributed by atoms with E-state index in [1.807, 2.05) is 11.8 Å². The van der Waals surface area contributed by atoms with Gasteiger partial charge < -0.3 is 5.32 Å². The number of hydrogen-bond donors (Lipinski definition) is 1. The Morgan fingerprint density at radius 2 is 2.13 bits per heavy atom. The van der Waals surface area contributed by atoms with Gasteiger partial charge in [0.25, 0.3) is 0 Å². The van der Waals surface area contributed by atoms with Crippen molar-refractivity contribution in [1.29, 1.82) is 0 Å². The van der Waals surface area contributed by atoms with Crippen LogP contribution in [0.15, 0.2) is 29.2 Å². The molecule has 1 N–H and O–H groups in total. The van der Waals surface area contributed by atoms with Crippen LogP contribution in [0.3, 0.4) is 0 Å². The second-order valence-electron chi connectivity index (χ2n) is 3.96. The summed E-state index contributed by atoms with van der Waals surface area (Å²) >= 11 is 1.94. The average Bonchev–Trinajstić information content (AvgIpc) is 2.28. The third-order valence-corrected chi connectivity index (χ3v) is 3.69. The van der Waals surface area contributed by atoms with Gasteiger partial charge in [0.1, 0.15) is 0 Å². The van der Waals surface area contributed by atoms with Gasteiger partial charge in [-0.2, -0.15) is 0 Å². The van der Waals surface area contributed by atoms with Gasteiger partial charge in [-0.3, -0.25) is 4.90 Å². The first kappa shape index (κ1) is 11.0. The van der Waals surface area contributed by atoms with Gasteiger partial charge in [0.05, 0.1) is 0 Å².